The van der Waals surface area contributed by atoms with Crippen molar-refractivity contribution >= 4 is 5.97 Å². The van der Waals surface area contributed by atoms with Gasteiger partial charge in [0.05, 0.1) is 12.7 Å². The molecule has 20 heavy (non-hydrogen) atoms. The summed E-state index contributed by atoms with van der Waals surface area (Å²) in [4.78, 5) is 14.1. The van der Waals surface area contributed by atoms with Crippen LogP contribution in [0.25, 0.3) is 0 Å². The molecule has 1 aromatic carbocycles. The number of piperidine rings is 1. The lowest BCUT2D eigenvalue weighted by molar-refractivity contribution is 0.0600. The molecule has 0 unspecified atom stereocenters. The molecule has 1 aliphatic heterocycles. The largest absolute Gasteiger partial charge is 0.465 e. The van der Waals surface area contributed by atoms with Crippen molar-refractivity contribution in [3.63, 3.8) is 0 Å². The third-order valence-corrected chi connectivity index (χ3v) is 4.92. The first-order chi connectivity index (χ1) is 9.78. The van der Waals surface area contributed by atoms with Crippen molar-refractivity contribution in [3.8, 4) is 0 Å². The molecule has 3 heteroatoms. The molecule has 1 saturated carbocycles. The molecule has 108 valence electrons. The van der Waals surface area contributed by atoms with E-state index in [2.05, 4.69) is 17.0 Å². The number of benzene rings is 1. The Bertz CT molecular complexity index is 456. The van der Waals surface area contributed by atoms with Crippen LogP contribution < -0.4 is 0 Å². The van der Waals surface area contributed by atoms with Crippen molar-refractivity contribution in [2.75, 3.05) is 20.2 Å². The minimum Gasteiger partial charge on any atom is -0.465 e. The predicted molar refractivity (Wildman–Crippen MR) is 79.0 cm³/mol. The molecule has 1 saturated heterocycles. The molecular formula is C17H23NO2. The van der Waals surface area contributed by atoms with E-state index in [0.717, 1.165) is 6.04 Å². The van der Waals surface area contributed by atoms with Crippen molar-refractivity contribution in [2.24, 2.45) is 0 Å². The maximum Gasteiger partial charge on any atom is 0.337 e. The van der Waals surface area contributed by atoms with Crippen molar-refractivity contribution in [2.45, 2.75) is 44.1 Å². The van der Waals surface area contributed by atoms with Gasteiger partial charge in [0.2, 0.25) is 0 Å². The molecule has 1 heterocycles. The topological polar surface area (TPSA) is 29.5 Å². The summed E-state index contributed by atoms with van der Waals surface area (Å²) < 4.78 is 4.74. The number of hydrogen-bond acceptors (Lipinski definition) is 3. The van der Waals surface area contributed by atoms with Crippen LogP contribution in [0.2, 0.25) is 0 Å². The quantitative estimate of drug-likeness (QED) is 0.792. The molecule has 1 aliphatic carbocycles. The van der Waals surface area contributed by atoms with Gasteiger partial charge in [0.15, 0.2) is 0 Å². The van der Waals surface area contributed by atoms with Gasteiger partial charge >= 0.3 is 5.97 Å². The van der Waals surface area contributed by atoms with Gasteiger partial charge < -0.3 is 9.64 Å². The molecule has 3 rings (SSSR count). The molecular weight excluding hydrogens is 250 g/mol. The molecule has 0 radical (unpaired) electrons. The average molecular weight is 273 g/mol. The molecule has 0 amide bonds. The molecule has 3 nitrogen and oxygen atoms in total. The highest BCUT2D eigenvalue weighted by molar-refractivity contribution is 5.89. The van der Waals surface area contributed by atoms with Gasteiger partial charge in [-0.2, -0.15) is 0 Å². The Morgan fingerprint density at radius 2 is 1.75 bits per heavy atom. The van der Waals surface area contributed by atoms with Crippen LogP contribution in [0, 0.1) is 0 Å². The highest BCUT2D eigenvalue weighted by atomic mass is 16.5. The summed E-state index contributed by atoms with van der Waals surface area (Å²) in [6.07, 6.45) is 6.71. The van der Waals surface area contributed by atoms with E-state index in [4.69, 9.17) is 4.74 Å². The van der Waals surface area contributed by atoms with Gasteiger partial charge in [-0.3, -0.25) is 0 Å². The van der Waals surface area contributed by atoms with Crippen molar-refractivity contribution in [1.29, 1.82) is 0 Å². The molecule has 2 fully saturated rings. The van der Waals surface area contributed by atoms with Crippen molar-refractivity contribution < 1.29 is 9.53 Å². The van der Waals surface area contributed by atoms with E-state index >= 15 is 0 Å². The zero-order valence-corrected chi connectivity index (χ0v) is 12.2. The van der Waals surface area contributed by atoms with Crippen molar-refractivity contribution in [3.05, 3.63) is 35.4 Å². The van der Waals surface area contributed by atoms with E-state index in [1.54, 1.807) is 0 Å². The number of carbonyl (C=O) groups is 1. The Labute approximate surface area is 120 Å². The van der Waals surface area contributed by atoms with Gasteiger partial charge in [-0.15, -0.1) is 0 Å². The predicted octanol–water partition coefficient (Wildman–Crippen LogP) is 3.21. The first kappa shape index (κ1) is 13.6. The highest BCUT2D eigenvalue weighted by Crippen LogP contribution is 2.33. The number of nitrogens with zero attached hydrogens (tertiary/aromatic N) is 1. The Kier molecular flexibility index (Phi) is 4.06. The van der Waals surface area contributed by atoms with Gasteiger partial charge in [-0.25, -0.2) is 4.79 Å². The minimum absolute atomic E-state index is 0.253. The third kappa shape index (κ3) is 2.73. The minimum atomic E-state index is -0.253. The molecule has 0 N–H and O–H groups in total. The van der Waals surface area contributed by atoms with Crippen LogP contribution in [0.1, 0.15) is 53.9 Å². The van der Waals surface area contributed by atoms with Gasteiger partial charge in [-0.05, 0) is 62.4 Å². The van der Waals surface area contributed by atoms with E-state index in [-0.39, 0.29) is 5.97 Å². The zero-order chi connectivity index (χ0) is 13.9. The van der Waals surface area contributed by atoms with Crippen LogP contribution in [0.5, 0.6) is 0 Å². The highest BCUT2D eigenvalue weighted by Gasteiger charge is 2.29. The molecule has 0 spiro atoms. The zero-order valence-electron chi connectivity index (χ0n) is 12.2. The number of likely N-dealkylation sites (tertiary alicyclic amines) is 1. The summed E-state index contributed by atoms with van der Waals surface area (Å²) in [5.41, 5.74) is 2.01. The molecule has 2 aliphatic rings. The van der Waals surface area contributed by atoms with Gasteiger partial charge in [-0.1, -0.05) is 18.6 Å². The van der Waals surface area contributed by atoms with Crippen LogP contribution in [0.15, 0.2) is 24.3 Å². The monoisotopic (exact) mass is 273 g/mol. The number of ether oxygens (including phenoxy) is 1. The van der Waals surface area contributed by atoms with Crippen LogP contribution in [-0.2, 0) is 4.74 Å². The Morgan fingerprint density at radius 3 is 2.25 bits per heavy atom. The van der Waals surface area contributed by atoms with E-state index in [0.29, 0.717) is 11.5 Å². The second kappa shape index (κ2) is 5.96. The lowest BCUT2D eigenvalue weighted by Gasteiger charge is -2.41. The Balaban J connectivity index is 1.58. The first-order valence-corrected chi connectivity index (χ1v) is 7.70. The number of hydrogen-bond donors (Lipinski definition) is 0. The Hall–Kier alpha value is -1.35. The van der Waals surface area contributed by atoms with E-state index in [1.165, 1.54) is 57.9 Å². The molecule has 0 aromatic heterocycles. The second-order valence-corrected chi connectivity index (χ2v) is 6.01. The standard InChI is InChI=1S/C17H23NO2/c1-20-17(19)15-7-5-13(6-8-15)14-9-11-18(12-10-14)16-3-2-4-16/h5-8,14,16H,2-4,9-12H2,1H3. The summed E-state index contributed by atoms with van der Waals surface area (Å²) >= 11 is 0. The van der Waals surface area contributed by atoms with Crippen molar-refractivity contribution in [1.82, 2.24) is 4.90 Å². The Morgan fingerprint density at radius 1 is 1.10 bits per heavy atom. The van der Waals surface area contributed by atoms with E-state index in [9.17, 15) is 4.79 Å². The molecule has 0 bridgehead atoms. The normalized spacial score (nSPS) is 21.4. The number of methoxy groups -OCH3 is 1. The lowest BCUT2D eigenvalue weighted by atomic mass is 9.85. The van der Waals surface area contributed by atoms with Crippen LogP contribution in [-0.4, -0.2) is 37.1 Å². The van der Waals surface area contributed by atoms with E-state index in [1.807, 2.05) is 12.1 Å². The summed E-state index contributed by atoms with van der Waals surface area (Å²) in [5.74, 6) is 0.398. The fourth-order valence-electron chi connectivity index (χ4n) is 3.36. The van der Waals surface area contributed by atoms with Crippen LogP contribution >= 0.6 is 0 Å². The molecule has 0 atom stereocenters. The SMILES string of the molecule is COC(=O)c1ccc(C2CCN(C3CCC3)CC2)cc1. The summed E-state index contributed by atoms with van der Waals surface area (Å²) in [6.45, 7) is 2.46. The molecule has 1 aromatic rings. The number of rotatable bonds is 3. The first-order valence-electron chi connectivity index (χ1n) is 7.70. The summed E-state index contributed by atoms with van der Waals surface area (Å²) in [7, 11) is 1.42. The van der Waals surface area contributed by atoms with Crippen LogP contribution in [0.4, 0.5) is 0 Å². The van der Waals surface area contributed by atoms with Crippen LogP contribution in [0.3, 0.4) is 0 Å². The summed E-state index contributed by atoms with van der Waals surface area (Å²) in [5, 5.41) is 0. The second-order valence-electron chi connectivity index (χ2n) is 6.01. The third-order valence-electron chi connectivity index (χ3n) is 4.92. The van der Waals surface area contributed by atoms with Gasteiger partial charge in [0.1, 0.15) is 0 Å². The lowest BCUT2D eigenvalue weighted by Crippen LogP contribution is -2.44. The fraction of sp³-hybridized carbons (Fsp3) is 0.588. The summed E-state index contributed by atoms with van der Waals surface area (Å²) in [6, 6.07) is 8.84. The number of carbonyl (C=O) groups excluding carboxylic acids is 1. The van der Waals surface area contributed by atoms with Gasteiger partial charge in [0, 0.05) is 6.04 Å². The average Bonchev–Trinajstić information content (AvgIpc) is 2.46. The number of esters is 1. The van der Waals surface area contributed by atoms with E-state index < -0.39 is 0 Å². The van der Waals surface area contributed by atoms with Gasteiger partial charge in [0.25, 0.3) is 0 Å². The maximum absolute atomic E-state index is 11.4. The maximum atomic E-state index is 11.4. The smallest absolute Gasteiger partial charge is 0.337 e. The fourth-order valence-corrected chi connectivity index (χ4v) is 3.36.